The molecule has 0 spiro atoms. The van der Waals surface area contributed by atoms with Gasteiger partial charge in [0.05, 0.1) is 12.1 Å². The van der Waals surface area contributed by atoms with Gasteiger partial charge < -0.3 is 20.7 Å². The standard InChI is InChI=1S/C16H27N3O5/c1-9(2)14(18-15(22)10(3)17)16(23)19-7-5-6-12(19)13(21)8-24-11(4)20/h9-10,12,14H,5-8,17H2,1-4H3,(H,18,22)/t10-,12-,14-/m0/s1. The van der Waals surface area contributed by atoms with E-state index in [9.17, 15) is 19.2 Å². The van der Waals surface area contributed by atoms with Crippen LogP contribution in [0.4, 0.5) is 0 Å². The molecule has 0 saturated carbocycles. The third kappa shape index (κ3) is 5.30. The van der Waals surface area contributed by atoms with Crippen LogP contribution in [0.5, 0.6) is 0 Å². The van der Waals surface area contributed by atoms with Gasteiger partial charge in [-0.3, -0.25) is 19.2 Å². The van der Waals surface area contributed by atoms with E-state index in [0.717, 1.165) is 0 Å². The molecule has 136 valence electrons. The Labute approximate surface area is 142 Å². The molecular weight excluding hydrogens is 314 g/mol. The van der Waals surface area contributed by atoms with Gasteiger partial charge in [0.15, 0.2) is 12.4 Å². The summed E-state index contributed by atoms with van der Waals surface area (Å²) >= 11 is 0. The smallest absolute Gasteiger partial charge is 0.303 e. The zero-order valence-electron chi connectivity index (χ0n) is 14.7. The van der Waals surface area contributed by atoms with Crippen LogP contribution in [0.2, 0.25) is 0 Å². The van der Waals surface area contributed by atoms with E-state index in [1.165, 1.54) is 11.8 Å². The van der Waals surface area contributed by atoms with Crippen molar-refractivity contribution in [3.05, 3.63) is 0 Å². The molecule has 3 N–H and O–H groups in total. The average Bonchev–Trinajstić information content (AvgIpc) is 2.98. The van der Waals surface area contributed by atoms with E-state index in [4.69, 9.17) is 10.5 Å². The van der Waals surface area contributed by atoms with Crippen LogP contribution in [0.25, 0.3) is 0 Å². The fourth-order valence-corrected chi connectivity index (χ4v) is 2.61. The van der Waals surface area contributed by atoms with Crippen molar-refractivity contribution in [2.45, 2.75) is 58.7 Å². The monoisotopic (exact) mass is 341 g/mol. The zero-order valence-corrected chi connectivity index (χ0v) is 14.7. The van der Waals surface area contributed by atoms with E-state index in [0.29, 0.717) is 19.4 Å². The Morgan fingerprint density at radius 2 is 1.88 bits per heavy atom. The first-order chi connectivity index (χ1) is 11.1. The number of nitrogens with one attached hydrogen (secondary N) is 1. The summed E-state index contributed by atoms with van der Waals surface area (Å²) in [5.41, 5.74) is 5.54. The van der Waals surface area contributed by atoms with E-state index in [2.05, 4.69) is 5.32 Å². The third-order valence-corrected chi connectivity index (χ3v) is 3.97. The lowest BCUT2D eigenvalue weighted by molar-refractivity contribution is -0.149. The lowest BCUT2D eigenvalue weighted by atomic mass is 10.0. The second kappa shape index (κ2) is 8.77. The number of carbonyl (C=O) groups is 4. The van der Waals surface area contributed by atoms with Crippen LogP contribution in [0.3, 0.4) is 0 Å². The maximum atomic E-state index is 12.8. The summed E-state index contributed by atoms with van der Waals surface area (Å²) in [4.78, 5) is 49.2. The van der Waals surface area contributed by atoms with Gasteiger partial charge in [-0.15, -0.1) is 0 Å². The van der Waals surface area contributed by atoms with Crippen LogP contribution in [0.1, 0.15) is 40.5 Å². The molecule has 8 nitrogen and oxygen atoms in total. The van der Waals surface area contributed by atoms with Gasteiger partial charge >= 0.3 is 5.97 Å². The molecular formula is C16H27N3O5. The minimum absolute atomic E-state index is 0.148. The van der Waals surface area contributed by atoms with Gasteiger partial charge in [0, 0.05) is 13.5 Å². The Morgan fingerprint density at radius 3 is 2.38 bits per heavy atom. The normalized spacial score (nSPS) is 19.8. The highest BCUT2D eigenvalue weighted by Crippen LogP contribution is 2.21. The van der Waals surface area contributed by atoms with Crippen molar-refractivity contribution in [3.8, 4) is 0 Å². The van der Waals surface area contributed by atoms with Crippen LogP contribution in [0.15, 0.2) is 0 Å². The van der Waals surface area contributed by atoms with Gasteiger partial charge in [0.1, 0.15) is 6.04 Å². The van der Waals surface area contributed by atoms with Crippen molar-refractivity contribution < 1.29 is 23.9 Å². The van der Waals surface area contributed by atoms with E-state index in [1.807, 2.05) is 13.8 Å². The SMILES string of the molecule is CC(=O)OCC(=O)[C@@H]1CCCN1C(=O)[C@@H](NC(=O)[C@H](C)N)C(C)C. The number of rotatable bonds is 7. The Bertz CT molecular complexity index is 504. The number of hydrogen-bond acceptors (Lipinski definition) is 6. The van der Waals surface area contributed by atoms with Gasteiger partial charge in [-0.25, -0.2) is 0 Å². The molecule has 2 amide bonds. The topological polar surface area (TPSA) is 119 Å². The number of ketones is 1. The zero-order chi connectivity index (χ0) is 18.4. The summed E-state index contributed by atoms with van der Waals surface area (Å²) in [6.07, 6.45) is 1.21. The molecule has 3 atom stereocenters. The Kier molecular flexibility index (Phi) is 7.34. The Balaban J connectivity index is 2.82. The summed E-state index contributed by atoms with van der Waals surface area (Å²) in [5.74, 6) is -1.72. The Hall–Kier alpha value is -1.96. The molecule has 1 rings (SSSR count). The predicted molar refractivity (Wildman–Crippen MR) is 86.8 cm³/mol. The molecule has 0 bridgehead atoms. The summed E-state index contributed by atoms with van der Waals surface area (Å²) in [7, 11) is 0. The molecule has 8 heteroatoms. The molecule has 0 aromatic carbocycles. The molecule has 1 saturated heterocycles. The lowest BCUT2D eigenvalue weighted by Crippen LogP contribution is -2.56. The molecule has 0 aromatic rings. The van der Waals surface area contributed by atoms with Crippen molar-refractivity contribution in [1.29, 1.82) is 0 Å². The van der Waals surface area contributed by atoms with Gasteiger partial charge in [-0.2, -0.15) is 0 Å². The summed E-state index contributed by atoms with van der Waals surface area (Å²) < 4.78 is 4.74. The van der Waals surface area contributed by atoms with E-state index < -0.39 is 30.0 Å². The van der Waals surface area contributed by atoms with Crippen LogP contribution in [-0.4, -0.2) is 59.7 Å². The molecule has 0 radical (unpaired) electrons. The number of nitrogens with two attached hydrogens (primary N) is 1. The molecule has 24 heavy (non-hydrogen) atoms. The van der Waals surface area contributed by atoms with Crippen molar-refractivity contribution in [3.63, 3.8) is 0 Å². The van der Waals surface area contributed by atoms with E-state index in [1.54, 1.807) is 6.92 Å². The number of esters is 1. The van der Waals surface area contributed by atoms with Crippen molar-refractivity contribution in [2.24, 2.45) is 11.7 Å². The van der Waals surface area contributed by atoms with Gasteiger partial charge in [0.2, 0.25) is 11.8 Å². The molecule has 1 fully saturated rings. The average molecular weight is 341 g/mol. The molecule has 0 unspecified atom stereocenters. The first-order valence-electron chi connectivity index (χ1n) is 8.17. The quantitative estimate of drug-likeness (QED) is 0.608. The molecule has 1 aliphatic heterocycles. The van der Waals surface area contributed by atoms with Crippen LogP contribution >= 0.6 is 0 Å². The van der Waals surface area contributed by atoms with Gasteiger partial charge in [-0.05, 0) is 25.7 Å². The molecule has 1 aliphatic rings. The minimum Gasteiger partial charge on any atom is -0.458 e. The largest absolute Gasteiger partial charge is 0.458 e. The second-order valence-electron chi connectivity index (χ2n) is 6.46. The van der Waals surface area contributed by atoms with E-state index >= 15 is 0 Å². The van der Waals surface area contributed by atoms with Crippen LogP contribution in [-0.2, 0) is 23.9 Å². The summed E-state index contributed by atoms with van der Waals surface area (Å²) in [6, 6.07) is -2.09. The summed E-state index contributed by atoms with van der Waals surface area (Å²) in [5, 5.41) is 2.65. The first kappa shape index (κ1) is 20.1. The highest BCUT2D eigenvalue weighted by molar-refractivity contribution is 5.94. The van der Waals surface area contributed by atoms with Crippen LogP contribution < -0.4 is 11.1 Å². The van der Waals surface area contributed by atoms with Gasteiger partial charge in [-0.1, -0.05) is 13.8 Å². The number of Topliss-reactive ketones (excluding diaryl/α,β-unsaturated/α-hetero) is 1. The van der Waals surface area contributed by atoms with Crippen molar-refractivity contribution in [2.75, 3.05) is 13.2 Å². The second-order valence-corrected chi connectivity index (χ2v) is 6.46. The van der Waals surface area contributed by atoms with Crippen molar-refractivity contribution in [1.82, 2.24) is 10.2 Å². The maximum Gasteiger partial charge on any atom is 0.303 e. The summed E-state index contributed by atoms with van der Waals surface area (Å²) in [6.45, 7) is 6.49. The Morgan fingerprint density at radius 1 is 1.25 bits per heavy atom. The molecule has 0 aliphatic carbocycles. The number of likely N-dealkylation sites (tertiary alicyclic amines) is 1. The highest BCUT2D eigenvalue weighted by atomic mass is 16.5. The number of carbonyl (C=O) groups excluding carboxylic acids is 4. The highest BCUT2D eigenvalue weighted by Gasteiger charge is 2.38. The third-order valence-electron chi connectivity index (χ3n) is 3.97. The fraction of sp³-hybridized carbons (Fsp3) is 0.750. The number of hydrogen-bond donors (Lipinski definition) is 2. The van der Waals surface area contributed by atoms with Gasteiger partial charge in [0.25, 0.3) is 0 Å². The van der Waals surface area contributed by atoms with Crippen molar-refractivity contribution >= 4 is 23.6 Å². The maximum absolute atomic E-state index is 12.8. The predicted octanol–water partition coefficient (Wildman–Crippen LogP) is -0.402. The molecule has 1 heterocycles. The first-order valence-corrected chi connectivity index (χ1v) is 8.17. The minimum atomic E-state index is -0.745. The van der Waals surface area contributed by atoms with Crippen LogP contribution in [0, 0.1) is 5.92 Å². The lowest BCUT2D eigenvalue weighted by Gasteiger charge is -2.30. The number of nitrogens with zero attached hydrogens (tertiary/aromatic N) is 1. The number of ether oxygens (including phenoxy) is 1. The number of amides is 2. The molecule has 0 aromatic heterocycles. The van der Waals surface area contributed by atoms with E-state index in [-0.39, 0.29) is 24.2 Å². The fourth-order valence-electron chi connectivity index (χ4n) is 2.61.